The Bertz CT molecular complexity index is 266. The molecule has 1 amide bonds. The zero-order valence-electron chi connectivity index (χ0n) is 7.53. The van der Waals surface area contributed by atoms with Crippen molar-refractivity contribution in [3.8, 4) is 0 Å². The molecule has 0 spiro atoms. The van der Waals surface area contributed by atoms with Gasteiger partial charge in [-0.05, 0) is 0 Å². The standard InChI is InChI=1S/C5H7N3O/c1-6-5(9)8-3-2-7-4-8/h2-4H,1H3,(H,6,9)/i1D3. The van der Waals surface area contributed by atoms with Crippen molar-refractivity contribution in [1.29, 1.82) is 0 Å². The van der Waals surface area contributed by atoms with Crippen LogP contribution in [0.1, 0.15) is 4.11 Å². The van der Waals surface area contributed by atoms with Gasteiger partial charge in [-0.25, -0.2) is 9.78 Å². The summed E-state index contributed by atoms with van der Waals surface area (Å²) in [4.78, 5) is 14.6. The number of rotatable bonds is 0. The first-order chi connectivity index (χ1) is 5.49. The Morgan fingerprint density at radius 1 is 2.00 bits per heavy atom. The Morgan fingerprint density at radius 2 is 2.89 bits per heavy atom. The quantitative estimate of drug-likeness (QED) is 0.537. The third kappa shape index (κ3) is 1.07. The van der Waals surface area contributed by atoms with Crippen LogP contribution in [0.2, 0.25) is 0 Å². The minimum atomic E-state index is -2.46. The molecule has 0 saturated heterocycles. The van der Waals surface area contributed by atoms with E-state index in [9.17, 15) is 4.79 Å². The molecule has 9 heavy (non-hydrogen) atoms. The van der Waals surface area contributed by atoms with Crippen LogP contribution in [0.15, 0.2) is 18.7 Å². The van der Waals surface area contributed by atoms with Gasteiger partial charge in [0.05, 0.1) is 0 Å². The summed E-state index contributed by atoms with van der Waals surface area (Å²) in [5.74, 6) is 0. The lowest BCUT2D eigenvalue weighted by atomic mass is 10.8. The van der Waals surface area contributed by atoms with Crippen molar-refractivity contribution >= 4 is 6.03 Å². The van der Waals surface area contributed by atoms with Crippen LogP contribution < -0.4 is 5.32 Å². The smallest absolute Gasteiger partial charge is 0.326 e. The van der Waals surface area contributed by atoms with Crippen molar-refractivity contribution in [3.05, 3.63) is 18.7 Å². The second-order valence-electron chi connectivity index (χ2n) is 1.40. The first-order valence-electron chi connectivity index (χ1n) is 3.79. The Kier molecular flexibility index (Phi) is 0.768. The highest BCUT2D eigenvalue weighted by atomic mass is 16.2. The van der Waals surface area contributed by atoms with Gasteiger partial charge in [-0.3, -0.25) is 4.57 Å². The van der Waals surface area contributed by atoms with E-state index in [4.69, 9.17) is 4.11 Å². The van der Waals surface area contributed by atoms with Crippen LogP contribution in [0.4, 0.5) is 4.79 Å². The molecule has 4 heteroatoms. The van der Waals surface area contributed by atoms with E-state index in [1.807, 2.05) is 0 Å². The number of nitrogens with zero attached hydrogens (tertiary/aromatic N) is 2. The summed E-state index contributed by atoms with van der Waals surface area (Å²) in [6.45, 7) is -2.46. The van der Waals surface area contributed by atoms with E-state index in [1.54, 1.807) is 5.32 Å². The van der Waals surface area contributed by atoms with E-state index < -0.39 is 13.0 Å². The minimum Gasteiger partial charge on any atom is -0.340 e. The number of hydrogen-bond acceptors (Lipinski definition) is 2. The zero-order chi connectivity index (χ0) is 9.19. The molecule has 0 aliphatic carbocycles. The molecular weight excluding hydrogens is 118 g/mol. The van der Waals surface area contributed by atoms with Crippen molar-refractivity contribution in [2.45, 2.75) is 0 Å². The molecule has 1 aromatic heterocycles. The van der Waals surface area contributed by atoms with Crippen LogP contribution in [0.5, 0.6) is 0 Å². The molecule has 0 radical (unpaired) electrons. The van der Waals surface area contributed by atoms with Gasteiger partial charge in [-0.15, -0.1) is 0 Å². The van der Waals surface area contributed by atoms with Gasteiger partial charge in [0.25, 0.3) is 0 Å². The molecule has 0 aliphatic heterocycles. The molecule has 1 aromatic rings. The van der Waals surface area contributed by atoms with E-state index in [2.05, 4.69) is 4.98 Å². The Labute approximate surface area is 56.7 Å². The van der Waals surface area contributed by atoms with Crippen LogP contribution >= 0.6 is 0 Å². The molecule has 0 atom stereocenters. The van der Waals surface area contributed by atoms with Gasteiger partial charge in [-0.1, -0.05) is 0 Å². The summed E-state index contributed by atoms with van der Waals surface area (Å²) >= 11 is 0. The maximum absolute atomic E-state index is 11.0. The fourth-order valence-electron chi connectivity index (χ4n) is 0.444. The SMILES string of the molecule is [2H]C([2H])([2H])NC(=O)n1ccnc1. The monoisotopic (exact) mass is 128 g/mol. The van der Waals surface area contributed by atoms with Crippen LogP contribution in [-0.4, -0.2) is 22.6 Å². The molecule has 0 aliphatic rings. The summed E-state index contributed by atoms with van der Waals surface area (Å²) < 4.78 is 21.2. The van der Waals surface area contributed by atoms with E-state index in [0.29, 0.717) is 0 Å². The highest BCUT2D eigenvalue weighted by Gasteiger charge is 1.95. The van der Waals surface area contributed by atoms with Crippen molar-refractivity contribution in [2.75, 3.05) is 6.98 Å². The highest BCUT2D eigenvalue weighted by molar-refractivity contribution is 5.75. The first kappa shape index (κ1) is 3.00. The van der Waals surface area contributed by atoms with Crippen LogP contribution in [-0.2, 0) is 0 Å². The molecule has 0 unspecified atom stereocenters. The Hall–Kier alpha value is -1.32. The molecule has 0 bridgehead atoms. The Balaban J connectivity index is 2.63. The summed E-state index contributed by atoms with van der Waals surface area (Å²) in [6, 6.07) is -0.715. The molecule has 4 nitrogen and oxygen atoms in total. The molecule has 0 fully saturated rings. The van der Waals surface area contributed by atoms with E-state index in [1.165, 1.54) is 18.7 Å². The van der Waals surface area contributed by atoms with Gasteiger partial charge >= 0.3 is 6.03 Å². The number of nitrogens with one attached hydrogen (secondary N) is 1. The summed E-state index contributed by atoms with van der Waals surface area (Å²) in [6.07, 6.45) is 3.97. The second-order valence-corrected chi connectivity index (χ2v) is 1.40. The second kappa shape index (κ2) is 2.30. The number of imidazole rings is 1. The fourth-order valence-corrected chi connectivity index (χ4v) is 0.444. The summed E-state index contributed by atoms with van der Waals surface area (Å²) in [5.41, 5.74) is 0. The molecule has 0 saturated carbocycles. The van der Waals surface area contributed by atoms with Gasteiger partial charge in [0.2, 0.25) is 0 Å². The largest absolute Gasteiger partial charge is 0.340 e. The molecular formula is C5H7N3O. The lowest BCUT2D eigenvalue weighted by molar-refractivity contribution is 0.244. The lowest BCUT2D eigenvalue weighted by Gasteiger charge is -1.95. The number of hydrogen-bond donors (Lipinski definition) is 1. The van der Waals surface area contributed by atoms with E-state index >= 15 is 0 Å². The van der Waals surface area contributed by atoms with Gasteiger partial charge in [0.1, 0.15) is 6.33 Å². The summed E-state index contributed by atoms with van der Waals surface area (Å²) in [5, 5.41) is 1.81. The third-order valence-corrected chi connectivity index (χ3v) is 0.846. The highest BCUT2D eigenvalue weighted by Crippen LogP contribution is 1.81. The van der Waals surface area contributed by atoms with Crippen molar-refractivity contribution < 1.29 is 8.91 Å². The van der Waals surface area contributed by atoms with Crippen molar-refractivity contribution in [2.24, 2.45) is 0 Å². The van der Waals surface area contributed by atoms with E-state index in [-0.39, 0.29) is 0 Å². The van der Waals surface area contributed by atoms with E-state index in [0.717, 1.165) is 4.57 Å². The number of aromatic nitrogens is 2. The lowest BCUT2D eigenvalue weighted by Crippen LogP contribution is -2.22. The minimum absolute atomic E-state index is 0.715. The average molecular weight is 128 g/mol. The predicted octanol–water partition coefficient (Wildman–Crippen LogP) is 0.0706. The third-order valence-electron chi connectivity index (χ3n) is 0.846. The number of carbonyl (C=O) groups excluding carboxylic acids is 1. The maximum Gasteiger partial charge on any atom is 0.326 e. The topological polar surface area (TPSA) is 46.9 Å². The first-order valence-corrected chi connectivity index (χ1v) is 2.29. The fraction of sp³-hybridized carbons (Fsp3) is 0.200. The van der Waals surface area contributed by atoms with Gasteiger partial charge in [-0.2, -0.15) is 0 Å². The summed E-state index contributed by atoms with van der Waals surface area (Å²) in [7, 11) is 0. The Morgan fingerprint density at radius 3 is 3.44 bits per heavy atom. The predicted molar refractivity (Wildman–Crippen MR) is 32.1 cm³/mol. The molecule has 1 N–H and O–H groups in total. The van der Waals surface area contributed by atoms with Crippen molar-refractivity contribution in [3.63, 3.8) is 0 Å². The molecule has 48 valence electrons. The molecule has 0 aromatic carbocycles. The average Bonchev–Trinajstić information content (AvgIpc) is 2.32. The van der Waals surface area contributed by atoms with Crippen molar-refractivity contribution in [1.82, 2.24) is 14.9 Å². The van der Waals surface area contributed by atoms with Gasteiger partial charge in [0, 0.05) is 23.5 Å². The van der Waals surface area contributed by atoms with Gasteiger partial charge in [0.15, 0.2) is 0 Å². The molecule has 1 rings (SSSR count). The maximum atomic E-state index is 11.0. The normalized spacial score (nSPS) is 15.3. The number of amides is 1. The van der Waals surface area contributed by atoms with Crippen LogP contribution in [0, 0.1) is 0 Å². The van der Waals surface area contributed by atoms with Crippen LogP contribution in [0.3, 0.4) is 0 Å². The van der Waals surface area contributed by atoms with Crippen LogP contribution in [0.25, 0.3) is 0 Å². The zero-order valence-corrected chi connectivity index (χ0v) is 4.53. The molecule has 1 heterocycles. The van der Waals surface area contributed by atoms with Gasteiger partial charge < -0.3 is 5.32 Å². The number of carbonyl (C=O) groups is 1.